The maximum atomic E-state index is 12.9. The molecule has 1 unspecified atom stereocenters. The number of hydrogen-bond acceptors (Lipinski definition) is 4. The number of likely N-dealkylation sites (tertiary alicyclic amines) is 1. The van der Waals surface area contributed by atoms with Crippen molar-refractivity contribution in [3.05, 3.63) is 23.8 Å². The van der Waals surface area contributed by atoms with E-state index in [0.29, 0.717) is 42.2 Å². The molecule has 0 spiro atoms. The van der Waals surface area contributed by atoms with Crippen molar-refractivity contribution in [1.29, 1.82) is 0 Å². The van der Waals surface area contributed by atoms with Gasteiger partial charge in [0.2, 0.25) is 0 Å². The zero-order valence-corrected chi connectivity index (χ0v) is 16.6. The van der Waals surface area contributed by atoms with Crippen molar-refractivity contribution in [2.45, 2.75) is 45.6 Å². The van der Waals surface area contributed by atoms with E-state index in [4.69, 9.17) is 9.47 Å². The second-order valence-electron chi connectivity index (χ2n) is 6.86. The summed E-state index contributed by atoms with van der Waals surface area (Å²) in [6.45, 7) is 7.85. The Morgan fingerprint density at radius 2 is 1.81 bits per heavy atom. The Balaban J connectivity index is 0.00000243. The first-order chi connectivity index (χ1) is 12.2. The van der Waals surface area contributed by atoms with Gasteiger partial charge < -0.3 is 19.7 Å². The molecule has 2 aliphatic heterocycles. The van der Waals surface area contributed by atoms with Gasteiger partial charge in [-0.3, -0.25) is 4.79 Å². The number of halogens is 1. The molecule has 1 aromatic rings. The third-order valence-corrected chi connectivity index (χ3v) is 5.28. The predicted octanol–water partition coefficient (Wildman–Crippen LogP) is 3.51. The smallest absolute Gasteiger partial charge is 0.253 e. The van der Waals surface area contributed by atoms with E-state index in [2.05, 4.69) is 5.32 Å². The van der Waals surface area contributed by atoms with Gasteiger partial charge in [0, 0.05) is 24.7 Å². The van der Waals surface area contributed by atoms with E-state index in [9.17, 15) is 4.79 Å². The molecule has 2 fully saturated rings. The summed E-state index contributed by atoms with van der Waals surface area (Å²) in [6, 6.07) is 6.17. The van der Waals surface area contributed by atoms with E-state index in [1.807, 2.05) is 36.9 Å². The number of amides is 1. The highest BCUT2D eigenvalue weighted by Crippen LogP contribution is 2.30. The quantitative estimate of drug-likeness (QED) is 0.817. The average Bonchev–Trinajstić information content (AvgIpc) is 3.18. The number of rotatable bonds is 6. The van der Waals surface area contributed by atoms with E-state index >= 15 is 0 Å². The van der Waals surface area contributed by atoms with Crippen LogP contribution in [-0.4, -0.2) is 49.7 Å². The Morgan fingerprint density at radius 1 is 1.12 bits per heavy atom. The molecule has 1 atom stereocenters. The molecule has 6 heteroatoms. The van der Waals surface area contributed by atoms with Gasteiger partial charge in [0.25, 0.3) is 5.91 Å². The van der Waals surface area contributed by atoms with Crippen molar-refractivity contribution in [3.8, 4) is 11.5 Å². The zero-order valence-electron chi connectivity index (χ0n) is 15.8. The molecular weight excluding hydrogens is 352 g/mol. The molecule has 0 radical (unpaired) electrons. The van der Waals surface area contributed by atoms with Crippen molar-refractivity contribution in [3.63, 3.8) is 0 Å². The maximum absolute atomic E-state index is 12.9. The van der Waals surface area contributed by atoms with Crippen molar-refractivity contribution in [2.75, 3.05) is 32.8 Å². The van der Waals surface area contributed by atoms with Crippen LogP contribution in [0.3, 0.4) is 0 Å². The fraction of sp³-hybridized carbons (Fsp3) is 0.650. The van der Waals surface area contributed by atoms with Gasteiger partial charge in [0.05, 0.1) is 13.2 Å². The molecule has 2 heterocycles. The Morgan fingerprint density at radius 3 is 2.42 bits per heavy atom. The molecule has 2 saturated heterocycles. The number of piperidine rings is 1. The summed E-state index contributed by atoms with van der Waals surface area (Å²) in [5.41, 5.74) is 0.685. The zero-order chi connectivity index (χ0) is 17.6. The summed E-state index contributed by atoms with van der Waals surface area (Å²) in [6.07, 6.45) is 4.77. The number of carbonyl (C=O) groups excluding carboxylic acids is 1. The van der Waals surface area contributed by atoms with Crippen LogP contribution in [0.15, 0.2) is 18.2 Å². The Hall–Kier alpha value is -1.46. The first kappa shape index (κ1) is 20.8. The minimum atomic E-state index is 0. The Labute approximate surface area is 162 Å². The van der Waals surface area contributed by atoms with Crippen LogP contribution in [0.2, 0.25) is 0 Å². The molecule has 0 aromatic heterocycles. The van der Waals surface area contributed by atoms with E-state index in [-0.39, 0.29) is 18.3 Å². The summed E-state index contributed by atoms with van der Waals surface area (Å²) >= 11 is 0. The minimum absolute atomic E-state index is 0. The van der Waals surface area contributed by atoms with Crippen LogP contribution in [0.25, 0.3) is 0 Å². The van der Waals surface area contributed by atoms with Crippen LogP contribution in [0.4, 0.5) is 0 Å². The third kappa shape index (κ3) is 4.83. The van der Waals surface area contributed by atoms with Gasteiger partial charge >= 0.3 is 0 Å². The van der Waals surface area contributed by atoms with Crippen LogP contribution in [-0.2, 0) is 0 Å². The highest BCUT2D eigenvalue weighted by Gasteiger charge is 2.30. The van der Waals surface area contributed by atoms with Crippen molar-refractivity contribution >= 4 is 18.3 Å². The van der Waals surface area contributed by atoms with E-state index in [1.54, 1.807) is 0 Å². The van der Waals surface area contributed by atoms with Crippen LogP contribution in [0.1, 0.15) is 49.9 Å². The van der Waals surface area contributed by atoms with Gasteiger partial charge in [-0.15, -0.1) is 12.4 Å². The number of hydrogen-bond donors (Lipinski definition) is 1. The lowest BCUT2D eigenvalue weighted by atomic mass is 9.88. The van der Waals surface area contributed by atoms with E-state index < -0.39 is 0 Å². The van der Waals surface area contributed by atoms with Crippen LogP contribution in [0.5, 0.6) is 11.5 Å². The highest BCUT2D eigenvalue weighted by atomic mass is 35.5. The van der Waals surface area contributed by atoms with Gasteiger partial charge in [-0.1, -0.05) is 0 Å². The van der Waals surface area contributed by atoms with Crippen LogP contribution >= 0.6 is 12.4 Å². The van der Waals surface area contributed by atoms with Gasteiger partial charge in [-0.25, -0.2) is 0 Å². The van der Waals surface area contributed by atoms with E-state index in [1.165, 1.54) is 12.8 Å². The minimum Gasteiger partial charge on any atom is -0.490 e. The normalized spacial score (nSPS) is 20.5. The Bertz CT molecular complexity index is 582. The average molecular weight is 383 g/mol. The fourth-order valence-corrected chi connectivity index (χ4v) is 3.99. The molecule has 146 valence electrons. The molecule has 3 rings (SSSR count). The van der Waals surface area contributed by atoms with Gasteiger partial charge in [-0.2, -0.15) is 0 Å². The number of ether oxygens (including phenoxy) is 2. The molecule has 0 bridgehead atoms. The highest BCUT2D eigenvalue weighted by molar-refractivity contribution is 5.95. The molecular formula is C20H31ClN2O3. The van der Waals surface area contributed by atoms with Gasteiger partial charge in [-0.05, 0) is 70.2 Å². The SMILES string of the molecule is CCOc1ccc(C(=O)N2CCC(C3CCCN3)CC2)cc1OCC.Cl. The Kier molecular flexibility index (Phi) is 8.04. The molecule has 1 aromatic carbocycles. The number of benzene rings is 1. The maximum Gasteiger partial charge on any atom is 0.253 e. The molecule has 1 amide bonds. The lowest BCUT2D eigenvalue weighted by Gasteiger charge is -2.35. The number of carbonyl (C=O) groups is 1. The second-order valence-corrected chi connectivity index (χ2v) is 6.86. The largest absolute Gasteiger partial charge is 0.490 e. The molecule has 1 N–H and O–H groups in total. The van der Waals surface area contributed by atoms with Crippen LogP contribution in [0, 0.1) is 5.92 Å². The summed E-state index contributed by atoms with van der Waals surface area (Å²) in [7, 11) is 0. The molecule has 0 aliphatic carbocycles. The van der Waals surface area contributed by atoms with Crippen molar-refractivity contribution in [2.24, 2.45) is 5.92 Å². The van der Waals surface area contributed by atoms with Crippen molar-refractivity contribution < 1.29 is 14.3 Å². The predicted molar refractivity (Wildman–Crippen MR) is 106 cm³/mol. The number of nitrogens with zero attached hydrogens (tertiary/aromatic N) is 1. The lowest BCUT2D eigenvalue weighted by molar-refractivity contribution is 0.0674. The fourth-order valence-electron chi connectivity index (χ4n) is 3.99. The second kappa shape index (κ2) is 10.0. The van der Waals surface area contributed by atoms with Crippen molar-refractivity contribution in [1.82, 2.24) is 10.2 Å². The first-order valence-corrected chi connectivity index (χ1v) is 9.65. The van der Waals surface area contributed by atoms with E-state index in [0.717, 1.165) is 32.5 Å². The van der Waals surface area contributed by atoms with Gasteiger partial charge in [0.15, 0.2) is 11.5 Å². The molecule has 0 saturated carbocycles. The molecule has 2 aliphatic rings. The van der Waals surface area contributed by atoms with Gasteiger partial charge in [0.1, 0.15) is 0 Å². The first-order valence-electron chi connectivity index (χ1n) is 9.65. The summed E-state index contributed by atoms with van der Waals surface area (Å²) in [5.74, 6) is 2.17. The molecule has 26 heavy (non-hydrogen) atoms. The summed E-state index contributed by atoms with van der Waals surface area (Å²) < 4.78 is 11.2. The lowest BCUT2D eigenvalue weighted by Crippen LogP contribution is -2.43. The third-order valence-electron chi connectivity index (χ3n) is 5.28. The summed E-state index contributed by atoms with van der Waals surface area (Å²) in [4.78, 5) is 14.9. The monoisotopic (exact) mass is 382 g/mol. The summed E-state index contributed by atoms with van der Waals surface area (Å²) in [5, 5.41) is 3.61. The standard InChI is InChI=1S/C20H30N2O3.ClH/c1-3-24-18-8-7-16(14-19(18)25-4-2)20(23)22-12-9-15(10-13-22)17-6-5-11-21-17;/h7-8,14-15,17,21H,3-6,9-13H2,1-2H3;1H. The topological polar surface area (TPSA) is 50.8 Å². The van der Waals surface area contributed by atoms with Crippen LogP contribution < -0.4 is 14.8 Å². The number of nitrogens with one attached hydrogen (secondary N) is 1. The molecule has 5 nitrogen and oxygen atoms in total.